The van der Waals surface area contributed by atoms with Gasteiger partial charge in [-0.05, 0) is 74.3 Å². The Balaban J connectivity index is 1.60. The quantitative estimate of drug-likeness (QED) is 0.296. The van der Waals surface area contributed by atoms with E-state index in [1.165, 1.54) is 4.80 Å². The summed E-state index contributed by atoms with van der Waals surface area (Å²) < 4.78 is 40.7. The predicted molar refractivity (Wildman–Crippen MR) is 157 cm³/mol. The molecule has 2 aliphatic carbocycles. The Labute approximate surface area is 245 Å². The monoisotopic (exact) mass is 585 g/mol. The molecular formula is C31H40F3N6O2+. The average molecular weight is 586 g/mol. The summed E-state index contributed by atoms with van der Waals surface area (Å²) in [5.41, 5.74) is 3.18. The summed E-state index contributed by atoms with van der Waals surface area (Å²) in [5, 5.41) is 21.7. The van der Waals surface area contributed by atoms with Crippen LogP contribution in [0.3, 0.4) is 0 Å². The molecule has 0 radical (unpaired) electrons. The van der Waals surface area contributed by atoms with Crippen molar-refractivity contribution in [1.82, 2.24) is 20.2 Å². The lowest BCUT2D eigenvalue weighted by atomic mass is 9.80. The Kier molecular flexibility index (Phi) is 10.0. The van der Waals surface area contributed by atoms with Crippen LogP contribution in [0.15, 0.2) is 53.6 Å². The number of carboxylic acid groups (broad SMARTS) is 1. The minimum absolute atomic E-state index is 0.146. The van der Waals surface area contributed by atoms with Gasteiger partial charge in [0.1, 0.15) is 5.57 Å². The lowest BCUT2D eigenvalue weighted by molar-refractivity contribution is -0.138. The summed E-state index contributed by atoms with van der Waals surface area (Å²) >= 11 is 0. The highest BCUT2D eigenvalue weighted by Crippen LogP contribution is 2.36. The highest BCUT2D eigenvalue weighted by Gasteiger charge is 2.39. The maximum absolute atomic E-state index is 13.6. The first-order valence-electron chi connectivity index (χ1n) is 14.5. The number of rotatable bonds is 12. The maximum atomic E-state index is 13.6. The van der Waals surface area contributed by atoms with Gasteiger partial charge in [-0.3, -0.25) is 4.79 Å². The smallest absolute Gasteiger partial charge is 0.434 e. The summed E-state index contributed by atoms with van der Waals surface area (Å²) in [5.74, 6) is 0.311. The molecule has 1 saturated carbocycles. The number of benzene rings is 1. The molecule has 1 heterocycles. The number of anilines is 2. The first-order chi connectivity index (χ1) is 19.9. The number of nitrogens with zero attached hydrogens (tertiary/aromatic N) is 6. The predicted octanol–water partition coefficient (Wildman–Crippen LogP) is 6.21. The van der Waals surface area contributed by atoms with E-state index in [4.69, 9.17) is 0 Å². The van der Waals surface area contributed by atoms with E-state index in [0.29, 0.717) is 24.0 Å². The summed E-state index contributed by atoms with van der Waals surface area (Å²) in [6.07, 6.45) is 4.41. The van der Waals surface area contributed by atoms with E-state index in [2.05, 4.69) is 52.0 Å². The van der Waals surface area contributed by atoms with Gasteiger partial charge in [-0.25, -0.2) is 0 Å². The molecule has 42 heavy (non-hydrogen) atoms. The van der Waals surface area contributed by atoms with Gasteiger partial charge in [0, 0.05) is 50.3 Å². The Morgan fingerprint density at radius 3 is 2.48 bits per heavy atom. The zero-order valence-electron chi connectivity index (χ0n) is 24.6. The zero-order valence-corrected chi connectivity index (χ0v) is 24.6. The van der Waals surface area contributed by atoms with Crippen molar-refractivity contribution in [3.8, 4) is 0 Å². The third kappa shape index (κ3) is 8.39. The molecule has 1 fully saturated rings. The summed E-state index contributed by atoms with van der Waals surface area (Å²) in [7, 11) is 1.65. The van der Waals surface area contributed by atoms with Gasteiger partial charge in [-0.2, -0.15) is 18.0 Å². The molecule has 0 spiro atoms. The number of tetrazole rings is 1. The van der Waals surface area contributed by atoms with Crippen LogP contribution in [0.5, 0.6) is 0 Å². The topological polar surface area (TPSA) is 87.4 Å². The first-order valence-corrected chi connectivity index (χ1v) is 14.5. The Morgan fingerprint density at radius 2 is 1.86 bits per heavy atom. The normalized spacial score (nSPS) is 19.1. The van der Waals surface area contributed by atoms with Gasteiger partial charge in [0.05, 0.1) is 24.7 Å². The molecule has 8 nitrogen and oxygen atoms in total. The number of aryl methyl sites for hydroxylation is 2. The molecule has 0 amide bonds. The minimum Gasteiger partial charge on any atom is -0.481 e. The number of halogens is 3. The van der Waals surface area contributed by atoms with Crippen molar-refractivity contribution in [2.75, 3.05) is 29.4 Å². The van der Waals surface area contributed by atoms with Gasteiger partial charge < -0.3 is 14.9 Å². The van der Waals surface area contributed by atoms with E-state index in [0.717, 1.165) is 74.5 Å². The molecule has 2 aromatic rings. The van der Waals surface area contributed by atoms with Crippen molar-refractivity contribution in [2.24, 2.45) is 18.9 Å². The first kappa shape index (κ1) is 31.2. The SMILES string of the molecule is C=C1C=C(CN(Cc2cc(C)ccc2N(CCC)CC2CCC(CC(=O)O)CC2)c2nnn(C)n2)C=C(C(F)(F)F)[CH+]1. The lowest BCUT2D eigenvalue weighted by Gasteiger charge is -2.35. The molecule has 0 aliphatic heterocycles. The van der Waals surface area contributed by atoms with Crippen LogP contribution < -0.4 is 9.80 Å². The fourth-order valence-electron chi connectivity index (χ4n) is 5.95. The Morgan fingerprint density at radius 1 is 1.14 bits per heavy atom. The third-order valence-electron chi connectivity index (χ3n) is 7.87. The number of aromatic nitrogens is 4. The number of carboxylic acids is 1. The molecule has 0 atom stereocenters. The molecule has 1 aromatic carbocycles. The molecule has 0 saturated heterocycles. The summed E-state index contributed by atoms with van der Waals surface area (Å²) in [6, 6.07) is 6.32. The number of alkyl halides is 3. The second-order valence-electron chi connectivity index (χ2n) is 11.5. The number of aliphatic carboxylic acids is 1. The minimum atomic E-state index is -4.48. The number of hydrogen-bond acceptors (Lipinski definition) is 6. The van der Waals surface area contributed by atoms with Crippen LogP contribution in [0.2, 0.25) is 0 Å². The largest absolute Gasteiger partial charge is 0.481 e. The molecule has 4 rings (SSSR count). The Hall–Kier alpha value is -3.76. The lowest BCUT2D eigenvalue weighted by Crippen LogP contribution is -2.34. The van der Waals surface area contributed by atoms with Gasteiger partial charge in [-0.15, -0.1) is 5.10 Å². The maximum Gasteiger partial charge on any atom is 0.434 e. The van der Waals surface area contributed by atoms with E-state index in [-0.39, 0.29) is 24.5 Å². The van der Waals surface area contributed by atoms with Crippen LogP contribution in [-0.4, -0.2) is 57.1 Å². The number of carbonyl (C=O) groups is 1. The van der Waals surface area contributed by atoms with Crippen LogP contribution in [0, 0.1) is 25.2 Å². The number of hydrogen-bond donors (Lipinski definition) is 1. The highest BCUT2D eigenvalue weighted by molar-refractivity contribution is 5.67. The van der Waals surface area contributed by atoms with Gasteiger partial charge in [-0.1, -0.05) is 29.7 Å². The van der Waals surface area contributed by atoms with Gasteiger partial charge in [0.15, 0.2) is 0 Å². The molecule has 0 unspecified atom stereocenters. The fourth-order valence-corrected chi connectivity index (χ4v) is 5.95. The second kappa shape index (κ2) is 13.5. The zero-order chi connectivity index (χ0) is 30.4. The summed E-state index contributed by atoms with van der Waals surface area (Å²) in [6.45, 7) is 10.2. The van der Waals surface area contributed by atoms with E-state index < -0.39 is 17.7 Å². The summed E-state index contributed by atoms with van der Waals surface area (Å²) in [4.78, 5) is 16.8. The third-order valence-corrected chi connectivity index (χ3v) is 7.87. The van der Waals surface area contributed by atoms with Gasteiger partial charge >= 0.3 is 12.1 Å². The van der Waals surface area contributed by atoms with Gasteiger partial charge in [0.25, 0.3) is 5.95 Å². The van der Waals surface area contributed by atoms with Crippen LogP contribution in [0.1, 0.15) is 56.6 Å². The van der Waals surface area contributed by atoms with Crippen molar-refractivity contribution in [1.29, 1.82) is 0 Å². The molecule has 0 bridgehead atoms. The van der Waals surface area contributed by atoms with Crippen molar-refractivity contribution in [3.63, 3.8) is 0 Å². The van der Waals surface area contributed by atoms with Gasteiger partial charge in [0.2, 0.25) is 0 Å². The van der Waals surface area contributed by atoms with Crippen LogP contribution in [-0.2, 0) is 18.4 Å². The molecule has 2 aliphatic rings. The van der Waals surface area contributed by atoms with Crippen molar-refractivity contribution in [3.05, 3.63) is 71.2 Å². The van der Waals surface area contributed by atoms with E-state index in [1.807, 2.05) is 11.8 Å². The molecule has 226 valence electrons. The van der Waals surface area contributed by atoms with E-state index in [9.17, 15) is 23.1 Å². The molecule has 1 N–H and O–H groups in total. The average Bonchev–Trinajstić information content (AvgIpc) is 3.34. The molecule has 1 aromatic heterocycles. The van der Waals surface area contributed by atoms with Crippen molar-refractivity contribution in [2.45, 2.75) is 65.1 Å². The second-order valence-corrected chi connectivity index (χ2v) is 11.5. The van der Waals surface area contributed by atoms with E-state index >= 15 is 0 Å². The fraction of sp³-hybridized carbons (Fsp3) is 0.516. The van der Waals surface area contributed by atoms with Crippen LogP contribution >= 0.6 is 0 Å². The molecular weight excluding hydrogens is 545 g/mol. The standard InChI is InChI=1S/C31H39F3N6O2/c1-5-12-39(18-24-9-7-23(8-10-24)17-29(41)42)28-11-6-21(2)14-26(28)20-40(30-35-37-38(4)36-30)19-25-13-22(3)15-27(16-25)31(32,33)34/h6,11,13-16,23-24H,3,5,7-10,12,17-20H2,1-2,4H3/p+1. The highest BCUT2D eigenvalue weighted by atomic mass is 19.4. The van der Waals surface area contributed by atoms with E-state index in [1.54, 1.807) is 13.1 Å². The van der Waals surface area contributed by atoms with Crippen LogP contribution in [0.4, 0.5) is 24.8 Å². The number of allylic oxidation sites excluding steroid dienone is 3. The molecule has 11 heteroatoms. The van der Waals surface area contributed by atoms with Crippen LogP contribution in [0.25, 0.3) is 0 Å². The van der Waals surface area contributed by atoms with Crippen molar-refractivity contribution >= 4 is 17.6 Å². The Bertz CT molecular complexity index is 1320. The van der Waals surface area contributed by atoms with Crippen molar-refractivity contribution < 1.29 is 23.1 Å².